The van der Waals surface area contributed by atoms with Gasteiger partial charge in [0, 0.05) is 43.5 Å². The first kappa shape index (κ1) is 18.5. The van der Waals surface area contributed by atoms with Gasteiger partial charge in [0.1, 0.15) is 0 Å². The normalized spacial score (nSPS) is 22.0. The van der Waals surface area contributed by atoms with E-state index in [9.17, 15) is 9.59 Å². The molecule has 7 heteroatoms. The van der Waals surface area contributed by atoms with Gasteiger partial charge in [0.15, 0.2) is 0 Å². The van der Waals surface area contributed by atoms with Crippen LogP contribution in [-0.2, 0) is 0 Å². The summed E-state index contributed by atoms with van der Waals surface area (Å²) in [5.74, 6) is 1.21. The van der Waals surface area contributed by atoms with E-state index >= 15 is 0 Å². The molecular formula is C17H25ClN4O2. The predicted octanol–water partition coefficient (Wildman–Crippen LogP) is 1.93. The molecule has 2 atom stereocenters. The van der Waals surface area contributed by atoms with Crippen LogP contribution in [0.1, 0.15) is 24.2 Å². The molecule has 0 spiro atoms. The summed E-state index contributed by atoms with van der Waals surface area (Å²) < 4.78 is 0. The zero-order valence-corrected chi connectivity index (χ0v) is 14.9. The summed E-state index contributed by atoms with van der Waals surface area (Å²) in [7, 11) is 0. The maximum absolute atomic E-state index is 12.7. The zero-order chi connectivity index (χ0) is 16.4. The Morgan fingerprint density at radius 3 is 2.50 bits per heavy atom. The molecule has 6 nitrogen and oxygen atoms in total. The van der Waals surface area contributed by atoms with Crippen LogP contribution < -0.4 is 16.0 Å². The molecule has 3 rings (SSSR count). The van der Waals surface area contributed by atoms with E-state index in [0.29, 0.717) is 23.1 Å². The molecule has 3 amide bonds. The number of nitrogens with one attached hydrogen (secondary N) is 3. The number of fused-ring (bicyclic) bond motifs is 1. The Labute approximate surface area is 148 Å². The van der Waals surface area contributed by atoms with Crippen molar-refractivity contribution < 1.29 is 9.59 Å². The van der Waals surface area contributed by atoms with Crippen LogP contribution in [0.2, 0.25) is 0 Å². The number of carbonyl (C=O) groups is 2. The molecule has 2 saturated heterocycles. The van der Waals surface area contributed by atoms with E-state index in [-0.39, 0.29) is 30.4 Å². The summed E-state index contributed by atoms with van der Waals surface area (Å²) in [6.07, 6.45) is 0. The number of nitrogens with zero attached hydrogens (tertiary/aromatic N) is 1. The minimum absolute atomic E-state index is 0. The Morgan fingerprint density at radius 2 is 1.88 bits per heavy atom. The maximum Gasteiger partial charge on any atom is 0.319 e. The van der Waals surface area contributed by atoms with E-state index in [0.717, 1.165) is 26.2 Å². The molecule has 2 aliphatic rings. The molecule has 1 aromatic carbocycles. The Balaban J connectivity index is 0.00000208. The highest BCUT2D eigenvalue weighted by atomic mass is 35.5. The monoisotopic (exact) mass is 352 g/mol. The molecule has 3 N–H and O–H groups in total. The molecule has 0 aliphatic carbocycles. The third-order valence-electron chi connectivity index (χ3n) is 4.46. The summed E-state index contributed by atoms with van der Waals surface area (Å²) in [4.78, 5) is 26.4. The third kappa shape index (κ3) is 4.19. The van der Waals surface area contributed by atoms with Crippen molar-refractivity contribution in [3.63, 3.8) is 0 Å². The van der Waals surface area contributed by atoms with Gasteiger partial charge in [-0.2, -0.15) is 0 Å². The second-order valence-corrected chi connectivity index (χ2v) is 6.72. The SMILES string of the molecule is CC(C)NC(=O)Nc1cccc(C(=O)N2C[C@H]3CNC[C@H]3C2)c1.Cl. The molecule has 2 fully saturated rings. The second-order valence-electron chi connectivity index (χ2n) is 6.72. The van der Waals surface area contributed by atoms with E-state index < -0.39 is 0 Å². The highest BCUT2D eigenvalue weighted by Crippen LogP contribution is 2.27. The molecule has 1 aromatic rings. The van der Waals surface area contributed by atoms with Crippen LogP contribution in [-0.4, -0.2) is 49.1 Å². The lowest BCUT2D eigenvalue weighted by atomic mass is 10.0. The molecule has 0 bridgehead atoms. The molecule has 2 heterocycles. The molecular weight excluding hydrogens is 328 g/mol. The number of urea groups is 1. The van der Waals surface area contributed by atoms with Crippen molar-refractivity contribution >= 4 is 30.0 Å². The van der Waals surface area contributed by atoms with Crippen LogP contribution in [0.4, 0.5) is 10.5 Å². The van der Waals surface area contributed by atoms with Crippen LogP contribution in [0.5, 0.6) is 0 Å². The van der Waals surface area contributed by atoms with E-state index in [1.54, 1.807) is 24.3 Å². The topological polar surface area (TPSA) is 73.5 Å². The fraction of sp³-hybridized carbons (Fsp3) is 0.529. The van der Waals surface area contributed by atoms with Crippen LogP contribution in [0.3, 0.4) is 0 Å². The van der Waals surface area contributed by atoms with E-state index in [1.165, 1.54) is 0 Å². The number of carbonyl (C=O) groups excluding carboxylic acids is 2. The highest BCUT2D eigenvalue weighted by molar-refractivity contribution is 5.97. The number of benzene rings is 1. The Morgan fingerprint density at radius 1 is 1.21 bits per heavy atom. The molecule has 0 aromatic heterocycles. The van der Waals surface area contributed by atoms with Gasteiger partial charge >= 0.3 is 6.03 Å². The fourth-order valence-corrected chi connectivity index (χ4v) is 3.36. The maximum atomic E-state index is 12.7. The lowest BCUT2D eigenvalue weighted by Crippen LogP contribution is -2.34. The van der Waals surface area contributed by atoms with Gasteiger partial charge in [-0.3, -0.25) is 4.79 Å². The quantitative estimate of drug-likeness (QED) is 0.778. The average molecular weight is 353 g/mol. The van der Waals surface area contributed by atoms with Crippen molar-refractivity contribution in [3.05, 3.63) is 29.8 Å². The largest absolute Gasteiger partial charge is 0.338 e. The van der Waals surface area contributed by atoms with Gasteiger partial charge in [0.2, 0.25) is 0 Å². The first-order chi connectivity index (χ1) is 11.0. The van der Waals surface area contributed by atoms with Crippen LogP contribution in [0, 0.1) is 11.8 Å². The number of anilines is 1. The second kappa shape index (κ2) is 7.85. The molecule has 0 unspecified atom stereocenters. The minimum atomic E-state index is -0.258. The van der Waals surface area contributed by atoms with Gasteiger partial charge in [-0.1, -0.05) is 6.07 Å². The van der Waals surface area contributed by atoms with Crippen molar-refractivity contribution in [2.75, 3.05) is 31.5 Å². The van der Waals surface area contributed by atoms with Crippen LogP contribution >= 0.6 is 12.4 Å². The molecule has 24 heavy (non-hydrogen) atoms. The fourth-order valence-electron chi connectivity index (χ4n) is 3.36. The van der Waals surface area contributed by atoms with E-state index in [1.807, 2.05) is 18.7 Å². The van der Waals surface area contributed by atoms with Crippen LogP contribution in [0.25, 0.3) is 0 Å². The minimum Gasteiger partial charge on any atom is -0.338 e. The summed E-state index contributed by atoms with van der Waals surface area (Å²) >= 11 is 0. The number of hydrogen-bond donors (Lipinski definition) is 3. The number of halogens is 1. The molecule has 132 valence electrons. The van der Waals surface area contributed by atoms with Gasteiger partial charge in [0.05, 0.1) is 0 Å². The Hall–Kier alpha value is -1.79. The number of likely N-dealkylation sites (tertiary alicyclic amines) is 1. The van der Waals surface area contributed by atoms with Gasteiger partial charge in [-0.15, -0.1) is 12.4 Å². The standard InChI is InChI=1S/C17H24N4O2.ClH/c1-11(2)19-17(23)20-15-5-3-4-12(6-15)16(22)21-9-13-7-18-8-14(13)10-21;/h3-6,11,13-14,18H,7-10H2,1-2H3,(H2,19,20,23);1H/t13-,14+;. The lowest BCUT2D eigenvalue weighted by molar-refractivity contribution is 0.0781. The Kier molecular flexibility index (Phi) is 6.07. The first-order valence-electron chi connectivity index (χ1n) is 8.20. The van der Waals surface area contributed by atoms with Gasteiger partial charge in [-0.05, 0) is 43.9 Å². The zero-order valence-electron chi connectivity index (χ0n) is 14.0. The smallest absolute Gasteiger partial charge is 0.319 e. The first-order valence-corrected chi connectivity index (χ1v) is 8.20. The van der Waals surface area contributed by atoms with Crippen molar-refractivity contribution in [1.82, 2.24) is 15.5 Å². The third-order valence-corrected chi connectivity index (χ3v) is 4.46. The number of amides is 3. The number of rotatable bonds is 3. The van der Waals surface area contributed by atoms with Crippen molar-refractivity contribution in [1.29, 1.82) is 0 Å². The molecule has 2 aliphatic heterocycles. The summed E-state index contributed by atoms with van der Waals surface area (Å²) in [6, 6.07) is 6.95. The van der Waals surface area contributed by atoms with Crippen molar-refractivity contribution in [2.24, 2.45) is 11.8 Å². The van der Waals surface area contributed by atoms with Crippen LogP contribution in [0.15, 0.2) is 24.3 Å². The Bertz CT molecular complexity index is 596. The summed E-state index contributed by atoms with van der Waals surface area (Å²) in [5.41, 5.74) is 1.26. The molecule has 0 radical (unpaired) electrons. The lowest BCUT2D eigenvalue weighted by Gasteiger charge is -2.18. The average Bonchev–Trinajstić information content (AvgIpc) is 3.06. The van der Waals surface area contributed by atoms with Gasteiger partial charge < -0.3 is 20.9 Å². The van der Waals surface area contributed by atoms with Crippen molar-refractivity contribution in [3.8, 4) is 0 Å². The van der Waals surface area contributed by atoms with E-state index in [4.69, 9.17) is 0 Å². The van der Waals surface area contributed by atoms with Gasteiger partial charge in [-0.25, -0.2) is 4.79 Å². The highest BCUT2D eigenvalue weighted by Gasteiger charge is 2.38. The van der Waals surface area contributed by atoms with E-state index in [2.05, 4.69) is 16.0 Å². The predicted molar refractivity (Wildman–Crippen MR) is 96.7 cm³/mol. The summed E-state index contributed by atoms with van der Waals surface area (Å²) in [5, 5.41) is 8.92. The summed E-state index contributed by atoms with van der Waals surface area (Å²) in [6.45, 7) is 7.46. The van der Waals surface area contributed by atoms with Crippen molar-refractivity contribution in [2.45, 2.75) is 19.9 Å². The number of hydrogen-bond acceptors (Lipinski definition) is 3. The molecule has 0 saturated carbocycles. The van der Waals surface area contributed by atoms with Gasteiger partial charge in [0.25, 0.3) is 5.91 Å².